The first-order valence-corrected chi connectivity index (χ1v) is 14.8. The highest BCUT2D eigenvalue weighted by Gasteiger charge is 2.70. The molecule has 0 aliphatic heterocycles. The fraction of sp³-hybridized carbons (Fsp3) is 0.969. The number of carbonyl (C=O) groups excluding carboxylic acids is 1. The maximum atomic E-state index is 11.9. The summed E-state index contributed by atoms with van der Waals surface area (Å²) in [4.78, 5) is 11.9. The lowest BCUT2D eigenvalue weighted by Crippen LogP contribution is -2.68. The van der Waals surface area contributed by atoms with E-state index in [9.17, 15) is 4.79 Å². The van der Waals surface area contributed by atoms with E-state index in [4.69, 9.17) is 4.74 Å². The van der Waals surface area contributed by atoms with Crippen LogP contribution in [-0.2, 0) is 9.53 Å². The van der Waals surface area contributed by atoms with E-state index in [-0.39, 0.29) is 17.5 Å². The summed E-state index contributed by atoms with van der Waals surface area (Å²) in [6.07, 6.45) is 15.1. The molecule has 5 aliphatic carbocycles. The van der Waals surface area contributed by atoms with Crippen LogP contribution >= 0.6 is 0 Å². The fourth-order valence-electron chi connectivity index (χ4n) is 12.6. The zero-order chi connectivity index (χ0) is 24.9. The van der Waals surface area contributed by atoms with Crippen molar-refractivity contribution in [1.29, 1.82) is 0 Å². The van der Waals surface area contributed by atoms with Gasteiger partial charge in [-0.15, -0.1) is 0 Å². The van der Waals surface area contributed by atoms with Gasteiger partial charge in [0.25, 0.3) is 0 Å². The molecule has 2 heteroatoms. The molecule has 0 heterocycles. The van der Waals surface area contributed by atoms with Crippen molar-refractivity contribution in [2.24, 2.45) is 56.2 Å². The third-order valence-corrected chi connectivity index (χ3v) is 14.1. The molecule has 0 radical (unpaired) electrons. The predicted octanol–water partition coefficient (Wildman–Crippen LogP) is 8.82. The second-order valence-corrected chi connectivity index (χ2v) is 16.0. The molecule has 0 aromatic rings. The van der Waals surface area contributed by atoms with Crippen LogP contribution in [0.4, 0.5) is 0 Å². The minimum absolute atomic E-state index is 0.0643. The van der Waals surface area contributed by atoms with Crippen LogP contribution in [0.3, 0.4) is 0 Å². The molecule has 0 N–H and O–H groups in total. The highest BCUT2D eigenvalue weighted by molar-refractivity contribution is 5.66. The van der Waals surface area contributed by atoms with Crippen molar-refractivity contribution in [2.45, 2.75) is 139 Å². The van der Waals surface area contributed by atoms with Crippen LogP contribution in [0.15, 0.2) is 0 Å². The Kier molecular flexibility index (Phi) is 5.55. The predicted molar refractivity (Wildman–Crippen MR) is 140 cm³/mol. The molecular weight excluding hydrogens is 416 g/mol. The molecule has 2 nitrogen and oxygen atoms in total. The third-order valence-electron chi connectivity index (χ3n) is 14.1. The Morgan fingerprint density at radius 1 is 0.618 bits per heavy atom. The van der Waals surface area contributed by atoms with Crippen molar-refractivity contribution in [2.75, 3.05) is 0 Å². The van der Waals surface area contributed by atoms with Crippen molar-refractivity contribution >= 4 is 5.97 Å². The lowest BCUT2D eigenvalue weighted by molar-refractivity contribution is -0.264. The van der Waals surface area contributed by atoms with Crippen molar-refractivity contribution < 1.29 is 9.53 Å². The van der Waals surface area contributed by atoms with E-state index in [2.05, 4.69) is 55.4 Å². The number of ether oxygens (including phenoxy) is 1. The minimum atomic E-state index is -0.101. The lowest BCUT2D eigenvalue weighted by Gasteiger charge is -2.74. The molecule has 0 aromatic carbocycles. The van der Waals surface area contributed by atoms with Crippen LogP contribution in [0.2, 0.25) is 0 Å². The summed E-state index contributed by atoms with van der Waals surface area (Å²) >= 11 is 0. The van der Waals surface area contributed by atoms with Gasteiger partial charge in [0.2, 0.25) is 0 Å². The average Bonchev–Trinajstić information content (AvgIpc) is 2.70. The molecule has 0 saturated heterocycles. The second-order valence-electron chi connectivity index (χ2n) is 16.0. The molecule has 0 amide bonds. The van der Waals surface area contributed by atoms with Crippen LogP contribution in [0.1, 0.15) is 133 Å². The third kappa shape index (κ3) is 3.08. The normalized spacial score (nSPS) is 53.5. The first kappa shape index (κ1) is 25.1. The van der Waals surface area contributed by atoms with Crippen molar-refractivity contribution in [3.8, 4) is 0 Å². The van der Waals surface area contributed by atoms with Crippen LogP contribution in [0.25, 0.3) is 0 Å². The highest BCUT2D eigenvalue weighted by Crippen LogP contribution is 2.78. The molecule has 5 aliphatic rings. The molecule has 5 fully saturated rings. The molecule has 0 aromatic heterocycles. The van der Waals surface area contributed by atoms with Crippen molar-refractivity contribution in [1.82, 2.24) is 0 Å². The fourth-order valence-corrected chi connectivity index (χ4v) is 12.6. The molecule has 0 spiro atoms. The second kappa shape index (κ2) is 7.50. The summed E-state index contributed by atoms with van der Waals surface area (Å²) in [7, 11) is 0. The van der Waals surface area contributed by atoms with E-state index in [1.807, 2.05) is 0 Å². The maximum absolute atomic E-state index is 11.9. The van der Waals surface area contributed by atoms with E-state index < -0.39 is 0 Å². The Balaban J connectivity index is 1.50. The summed E-state index contributed by atoms with van der Waals surface area (Å²) in [6, 6.07) is 0. The van der Waals surface area contributed by atoms with Gasteiger partial charge >= 0.3 is 5.97 Å². The lowest BCUT2D eigenvalue weighted by atomic mass is 9.30. The van der Waals surface area contributed by atoms with E-state index in [0.29, 0.717) is 33.0 Å². The molecule has 9 atom stereocenters. The maximum Gasteiger partial charge on any atom is 0.302 e. The van der Waals surface area contributed by atoms with Crippen LogP contribution in [0, 0.1) is 56.2 Å². The summed E-state index contributed by atoms with van der Waals surface area (Å²) in [5.74, 6) is 3.13. The molecule has 34 heavy (non-hydrogen) atoms. The van der Waals surface area contributed by atoms with E-state index in [1.165, 1.54) is 64.2 Å². The minimum Gasteiger partial charge on any atom is -0.462 e. The van der Waals surface area contributed by atoms with Gasteiger partial charge in [-0.1, -0.05) is 61.8 Å². The molecular formula is C32H54O2. The Bertz CT molecular complexity index is 842. The standard InChI is InChI=1S/C32H54O2/c1-21(33)34-26-15-18-30(7)23(28(26,4)5)14-20-32(9)25(30)12-11-24-29(6)17-10-16-27(2,3)22(29)13-19-31(24,32)8/h22-26H,10-20H2,1-9H3/t22-,23+,24-,25+,26+,29-,30+,31+,32-/m1/s1. The Morgan fingerprint density at radius 2 is 1.15 bits per heavy atom. The molecule has 0 unspecified atom stereocenters. The number of rotatable bonds is 1. The van der Waals surface area contributed by atoms with E-state index in [0.717, 1.165) is 24.2 Å². The average molecular weight is 471 g/mol. The number of fused-ring (bicyclic) bond motifs is 7. The van der Waals surface area contributed by atoms with Crippen LogP contribution < -0.4 is 0 Å². The largest absolute Gasteiger partial charge is 0.462 e. The van der Waals surface area contributed by atoms with Gasteiger partial charge in [0.15, 0.2) is 0 Å². The smallest absolute Gasteiger partial charge is 0.302 e. The zero-order valence-corrected chi connectivity index (χ0v) is 24.0. The Morgan fingerprint density at radius 3 is 1.71 bits per heavy atom. The number of hydrogen-bond acceptors (Lipinski definition) is 2. The van der Waals surface area contributed by atoms with Crippen molar-refractivity contribution in [3.05, 3.63) is 0 Å². The summed E-state index contributed by atoms with van der Waals surface area (Å²) < 4.78 is 5.92. The van der Waals surface area contributed by atoms with E-state index in [1.54, 1.807) is 6.92 Å². The zero-order valence-electron chi connectivity index (χ0n) is 24.0. The van der Waals surface area contributed by atoms with Gasteiger partial charge in [-0.2, -0.15) is 0 Å². The van der Waals surface area contributed by atoms with Crippen LogP contribution in [-0.4, -0.2) is 12.1 Å². The van der Waals surface area contributed by atoms with Crippen LogP contribution in [0.5, 0.6) is 0 Å². The SMILES string of the molecule is CC(=O)O[C@H]1CC[C@@]2(C)[C@@H](CC[C@]3(C)[C@H]2CC[C@@H]2[C@]4(C)CCCC(C)(C)[C@H]4CC[C@@]23C)C1(C)C. The van der Waals surface area contributed by atoms with Crippen molar-refractivity contribution in [3.63, 3.8) is 0 Å². The van der Waals surface area contributed by atoms with Gasteiger partial charge in [-0.25, -0.2) is 0 Å². The Labute approximate surface area is 210 Å². The number of hydrogen-bond donors (Lipinski definition) is 0. The first-order chi connectivity index (χ1) is 15.6. The van der Waals surface area contributed by atoms with E-state index >= 15 is 0 Å². The summed E-state index contributed by atoms with van der Waals surface area (Å²) in [6.45, 7) is 22.5. The molecule has 194 valence electrons. The monoisotopic (exact) mass is 470 g/mol. The van der Waals surface area contributed by atoms with Gasteiger partial charge in [0, 0.05) is 12.3 Å². The molecule has 0 bridgehead atoms. The Hall–Kier alpha value is -0.530. The van der Waals surface area contributed by atoms with Gasteiger partial charge in [0.1, 0.15) is 6.10 Å². The van der Waals surface area contributed by atoms with Gasteiger partial charge in [-0.3, -0.25) is 4.79 Å². The summed E-state index contributed by atoms with van der Waals surface area (Å²) in [5, 5.41) is 0. The van der Waals surface area contributed by atoms with Gasteiger partial charge in [-0.05, 0) is 115 Å². The molecule has 5 saturated carbocycles. The number of carbonyl (C=O) groups is 1. The first-order valence-electron chi connectivity index (χ1n) is 14.8. The highest BCUT2D eigenvalue weighted by atomic mass is 16.5. The summed E-state index contributed by atoms with van der Waals surface area (Å²) in [5.41, 5.74) is 2.35. The number of esters is 1. The topological polar surface area (TPSA) is 26.3 Å². The van der Waals surface area contributed by atoms with Gasteiger partial charge < -0.3 is 4.74 Å². The quantitative estimate of drug-likeness (QED) is 0.358. The molecule has 5 rings (SSSR count). The van der Waals surface area contributed by atoms with Gasteiger partial charge in [0.05, 0.1) is 0 Å².